The number of likely N-dealkylation sites (N-methyl/N-ethyl adjacent to an activating group) is 1. The van der Waals surface area contributed by atoms with Crippen molar-refractivity contribution in [3.05, 3.63) is 17.7 Å². The molecule has 5 heteroatoms. The molecule has 110 valence electrons. The normalized spacial score (nSPS) is 26.5. The zero-order valence-electron chi connectivity index (χ0n) is 12.3. The minimum Gasteiger partial charge on any atom is -0.469 e. The first-order chi connectivity index (χ1) is 9.72. The summed E-state index contributed by atoms with van der Waals surface area (Å²) in [6.07, 6.45) is 4.98. The number of carbonyl (C=O) groups excluding carboxylic acids is 1. The van der Waals surface area contributed by atoms with Crippen molar-refractivity contribution in [2.75, 3.05) is 26.7 Å². The minimum atomic E-state index is -0.0862. The molecule has 0 aliphatic carbocycles. The lowest BCUT2D eigenvalue weighted by atomic mass is 9.97. The number of fused-ring (bicyclic) bond motifs is 1. The zero-order valence-corrected chi connectivity index (χ0v) is 12.3. The van der Waals surface area contributed by atoms with E-state index in [1.165, 1.54) is 25.0 Å². The molecule has 1 aromatic rings. The van der Waals surface area contributed by atoms with Crippen molar-refractivity contribution in [3.8, 4) is 0 Å². The highest BCUT2D eigenvalue weighted by molar-refractivity contribution is 5.72. The highest BCUT2D eigenvalue weighted by atomic mass is 16.5. The molecule has 0 bridgehead atoms. The molecule has 3 heterocycles. The van der Waals surface area contributed by atoms with Crippen molar-refractivity contribution in [2.45, 2.75) is 38.6 Å². The van der Waals surface area contributed by atoms with E-state index in [2.05, 4.69) is 21.4 Å². The van der Waals surface area contributed by atoms with Crippen molar-refractivity contribution in [2.24, 2.45) is 5.92 Å². The number of aryl methyl sites for hydroxylation is 1. The maximum atomic E-state index is 11.8. The molecule has 2 unspecified atom stereocenters. The number of imidazole rings is 1. The van der Waals surface area contributed by atoms with Crippen molar-refractivity contribution in [1.29, 1.82) is 0 Å². The van der Waals surface area contributed by atoms with Crippen LogP contribution in [0.4, 0.5) is 0 Å². The van der Waals surface area contributed by atoms with Crippen molar-refractivity contribution in [1.82, 2.24) is 14.5 Å². The summed E-state index contributed by atoms with van der Waals surface area (Å²) in [7, 11) is 1.47. The molecule has 1 saturated heterocycles. The van der Waals surface area contributed by atoms with Gasteiger partial charge in [0.2, 0.25) is 0 Å². The Balaban J connectivity index is 1.79. The minimum absolute atomic E-state index is 0.0101. The summed E-state index contributed by atoms with van der Waals surface area (Å²) in [5.41, 5.74) is 1.27. The molecule has 2 aliphatic rings. The van der Waals surface area contributed by atoms with Crippen LogP contribution in [0, 0.1) is 5.92 Å². The number of hydrogen-bond acceptors (Lipinski definition) is 4. The number of ether oxygens (including phenoxy) is 1. The molecule has 1 aromatic heterocycles. The third-order valence-electron chi connectivity index (χ3n) is 4.74. The first kappa shape index (κ1) is 13.6. The topological polar surface area (TPSA) is 47.4 Å². The van der Waals surface area contributed by atoms with Gasteiger partial charge >= 0.3 is 5.97 Å². The van der Waals surface area contributed by atoms with Gasteiger partial charge in [0.25, 0.3) is 0 Å². The summed E-state index contributed by atoms with van der Waals surface area (Å²) in [5.74, 6) is 1.59. The molecule has 0 amide bonds. The SMILES string of the molecule is CCN1CCC(c2ncc3n2CC(C(=O)OC)CC3)C1. The second kappa shape index (κ2) is 5.56. The number of methoxy groups -OCH3 is 1. The standard InChI is InChI=1S/C15H23N3O2/c1-3-17-7-6-11(9-17)14-16-8-13-5-4-12(10-18(13)14)15(19)20-2/h8,11-12H,3-7,9-10H2,1-2H3. The van der Waals surface area contributed by atoms with Crippen LogP contribution >= 0.6 is 0 Å². The fourth-order valence-electron chi connectivity index (χ4n) is 3.49. The summed E-state index contributed by atoms with van der Waals surface area (Å²) in [6.45, 7) is 6.30. The molecular formula is C15H23N3O2. The number of esters is 1. The number of hydrogen-bond donors (Lipinski definition) is 0. The molecule has 0 saturated carbocycles. The summed E-state index contributed by atoms with van der Waals surface area (Å²) in [4.78, 5) is 18.9. The molecular weight excluding hydrogens is 254 g/mol. The predicted octanol–water partition coefficient (Wildman–Crippen LogP) is 1.43. The second-order valence-corrected chi connectivity index (χ2v) is 5.86. The largest absolute Gasteiger partial charge is 0.469 e. The smallest absolute Gasteiger partial charge is 0.310 e. The molecule has 5 nitrogen and oxygen atoms in total. The summed E-state index contributed by atoms with van der Waals surface area (Å²) >= 11 is 0. The summed E-state index contributed by atoms with van der Waals surface area (Å²) < 4.78 is 7.17. The Kier molecular flexibility index (Phi) is 3.78. The average Bonchev–Trinajstić information content (AvgIpc) is 3.11. The Morgan fingerprint density at radius 2 is 2.30 bits per heavy atom. The zero-order chi connectivity index (χ0) is 14.1. The van der Waals surface area contributed by atoms with E-state index in [0.29, 0.717) is 5.92 Å². The van der Waals surface area contributed by atoms with Gasteiger partial charge in [-0.1, -0.05) is 6.92 Å². The molecule has 2 aliphatic heterocycles. The number of carbonyl (C=O) groups is 1. The van der Waals surface area contributed by atoms with Crippen LogP contribution in [0.15, 0.2) is 6.20 Å². The van der Waals surface area contributed by atoms with Crippen LogP contribution in [0.25, 0.3) is 0 Å². The van der Waals surface area contributed by atoms with E-state index in [9.17, 15) is 4.79 Å². The molecule has 3 rings (SSSR count). The average molecular weight is 277 g/mol. The maximum absolute atomic E-state index is 11.8. The third kappa shape index (κ3) is 2.35. The van der Waals surface area contributed by atoms with E-state index in [1.807, 2.05) is 6.20 Å². The third-order valence-corrected chi connectivity index (χ3v) is 4.74. The lowest BCUT2D eigenvalue weighted by molar-refractivity contribution is -0.146. The quantitative estimate of drug-likeness (QED) is 0.784. The summed E-state index contributed by atoms with van der Waals surface area (Å²) in [5, 5.41) is 0. The van der Waals surface area contributed by atoms with Gasteiger partial charge in [-0.25, -0.2) is 4.98 Å². The van der Waals surface area contributed by atoms with Gasteiger partial charge in [0.05, 0.1) is 13.0 Å². The van der Waals surface area contributed by atoms with Crippen molar-refractivity contribution >= 4 is 5.97 Å². The van der Waals surface area contributed by atoms with Crippen LogP contribution in [0.5, 0.6) is 0 Å². The number of aromatic nitrogens is 2. The number of nitrogens with zero attached hydrogens (tertiary/aromatic N) is 3. The van der Waals surface area contributed by atoms with Gasteiger partial charge in [0, 0.05) is 30.9 Å². The van der Waals surface area contributed by atoms with Crippen LogP contribution in [-0.2, 0) is 22.5 Å². The Hall–Kier alpha value is -1.36. The van der Waals surface area contributed by atoms with Crippen LogP contribution in [0.3, 0.4) is 0 Å². The summed E-state index contributed by atoms with van der Waals surface area (Å²) in [6, 6.07) is 0. The molecule has 2 atom stereocenters. The van der Waals surface area contributed by atoms with Gasteiger partial charge in [-0.3, -0.25) is 4.79 Å². The van der Waals surface area contributed by atoms with E-state index in [4.69, 9.17) is 4.74 Å². The van der Waals surface area contributed by atoms with Crippen LogP contribution in [0.2, 0.25) is 0 Å². The van der Waals surface area contributed by atoms with E-state index >= 15 is 0 Å². The van der Waals surface area contributed by atoms with Crippen LogP contribution in [-0.4, -0.2) is 47.2 Å². The van der Waals surface area contributed by atoms with Gasteiger partial charge < -0.3 is 14.2 Å². The van der Waals surface area contributed by atoms with Crippen LogP contribution < -0.4 is 0 Å². The highest BCUT2D eigenvalue weighted by Crippen LogP contribution is 2.30. The fraction of sp³-hybridized carbons (Fsp3) is 0.733. The lowest BCUT2D eigenvalue weighted by Gasteiger charge is -2.25. The maximum Gasteiger partial charge on any atom is 0.310 e. The first-order valence-electron chi connectivity index (χ1n) is 7.57. The lowest BCUT2D eigenvalue weighted by Crippen LogP contribution is -2.29. The number of rotatable bonds is 3. The Labute approximate surface area is 119 Å². The van der Waals surface area contributed by atoms with Gasteiger partial charge in [-0.05, 0) is 32.4 Å². The first-order valence-corrected chi connectivity index (χ1v) is 7.57. The van der Waals surface area contributed by atoms with E-state index < -0.39 is 0 Å². The predicted molar refractivity (Wildman–Crippen MR) is 75.5 cm³/mol. The van der Waals surface area contributed by atoms with Gasteiger partial charge in [-0.15, -0.1) is 0 Å². The second-order valence-electron chi connectivity index (χ2n) is 5.86. The molecule has 0 radical (unpaired) electrons. The van der Waals surface area contributed by atoms with Crippen molar-refractivity contribution in [3.63, 3.8) is 0 Å². The van der Waals surface area contributed by atoms with Gasteiger partial charge in [-0.2, -0.15) is 0 Å². The van der Waals surface area contributed by atoms with Gasteiger partial charge in [0.15, 0.2) is 0 Å². The fourth-order valence-corrected chi connectivity index (χ4v) is 3.49. The van der Waals surface area contributed by atoms with Crippen molar-refractivity contribution < 1.29 is 9.53 Å². The Morgan fingerprint density at radius 1 is 1.45 bits per heavy atom. The molecule has 0 aromatic carbocycles. The monoisotopic (exact) mass is 277 g/mol. The van der Waals surface area contributed by atoms with E-state index in [0.717, 1.165) is 39.0 Å². The van der Waals surface area contributed by atoms with Gasteiger partial charge in [0.1, 0.15) is 5.82 Å². The Morgan fingerprint density at radius 3 is 3.00 bits per heavy atom. The molecule has 0 N–H and O–H groups in total. The Bertz CT molecular complexity index is 497. The van der Waals surface area contributed by atoms with E-state index in [1.54, 1.807) is 0 Å². The number of likely N-dealkylation sites (tertiary alicyclic amines) is 1. The van der Waals surface area contributed by atoms with Crippen LogP contribution in [0.1, 0.15) is 37.2 Å². The molecule has 1 fully saturated rings. The highest BCUT2D eigenvalue weighted by Gasteiger charge is 2.31. The molecule has 20 heavy (non-hydrogen) atoms. The van der Waals surface area contributed by atoms with E-state index in [-0.39, 0.29) is 11.9 Å². The molecule has 0 spiro atoms.